The molecule has 5 nitrogen and oxygen atoms in total. The predicted molar refractivity (Wildman–Crippen MR) is 134 cm³/mol. The van der Waals surface area contributed by atoms with Gasteiger partial charge in [-0.3, -0.25) is 14.5 Å². The molecule has 3 aromatic rings. The number of carbonyl (C=O) groups excluding carboxylic acids is 2. The van der Waals surface area contributed by atoms with E-state index in [4.69, 9.17) is 4.74 Å². The number of hydrogen-bond donors (Lipinski definition) is 1. The maximum Gasteiger partial charge on any atom is 0.224 e. The zero-order valence-corrected chi connectivity index (χ0v) is 19.7. The minimum Gasteiger partial charge on any atom is -0.497 e. The lowest BCUT2D eigenvalue weighted by Gasteiger charge is -2.34. The van der Waals surface area contributed by atoms with Crippen LogP contribution in [0.25, 0.3) is 0 Å². The number of methoxy groups -OCH3 is 1. The average molecular weight is 453 g/mol. The predicted octanol–water partition coefficient (Wildman–Crippen LogP) is 5.92. The Morgan fingerprint density at radius 2 is 1.62 bits per heavy atom. The number of Topliss-reactive ketones (excluding diaryl/α,β-unsaturated/α-hetero) is 1. The highest BCUT2D eigenvalue weighted by Gasteiger charge is 2.40. The molecule has 34 heavy (non-hydrogen) atoms. The van der Waals surface area contributed by atoms with Gasteiger partial charge in [0, 0.05) is 24.6 Å². The summed E-state index contributed by atoms with van der Waals surface area (Å²) in [5, 5.41) is 3.55. The fourth-order valence-electron chi connectivity index (χ4n) is 5.11. The van der Waals surface area contributed by atoms with Crippen molar-refractivity contribution in [1.29, 1.82) is 0 Å². The number of nitrogens with zero attached hydrogens (tertiary/aromatic N) is 1. The lowest BCUT2D eigenvalue weighted by molar-refractivity contribution is -0.117. The number of carbonyl (C=O) groups is 2. The van der Waals surface area contributed by atoms with E-state index < -0.39 is 6.04 Å². The van der Waals surface area contributed by atoms with Crippen molar-refractivity contribution in [3.05, 3.63) is 101 Å². The number of benzene rings is 3. The molecule has 0 radical (unpaired) electrons. The molecule has 1 aliphatic carbocycles. The molecule has 172 valence electrons. The Kier molecular flexibility index (Phi) is 5.70. The van der Waals surface area contributed by atoms with Crippen molar-refractivity contribution >= 4 is 23.1 Å². The van der Waals surface area contributed by atoms with E-state index in [0.717, 1.165) is 39.5 Å². The third-order valence-corrected chi connectivity index (χ3v) is 6.81. The number of fused-ring (bicyclic) bond motifs is 1. The van der Waals surface area contributed by atoms with Crippen LogP contribution in [0.5, 0.6) is 5.75 Å². The molecular formula is C29H28N2O3. The summed E-state index contributed by atoms with van der Waals surface area (Å²) in [7, 11) is 1.65. The van der Waals surface area contributed by atoms with Gasteiger partial charge in [0.1, 0.15) is 5.75 Å². The van der Waals surface area contributed by atoms with Gasteiger partial charge in [0.15, 0.2) is 5.78 Å². The van der Waals surface area contributed by atoms with Crippen LogP contribution in [-0.2, 0) is 9.59 Å². The van der Waals surface area contributed by atoms with Gasteiger partial charge in [-0.1, -0.05) is 54.1 Å². The summed E-state index contributed by atoms with van der Waals surface area (Å²) >= 11 is 0. The molecule has 0 aromatic heterocycles. The van der Waals surface area contributed by atoms with Gasteiger partial charge in [0.05, 0.1) is 24.5 Å². The molecule has 1 heterocycles. The lowest BCUT2D eigenvalue weighted by atomic mass is 9.78. The zero-order valence-electron chi connectivity index (χ0n) is 19.7. The van der Waals surface area contributed by atoms with E-state index in [1.54, 1.807) is 18.9 Å². The fraction of sp³-hybridized carbons (Fsp3) is 0.241. The molecule has 0 saturated heterocycles. The average Bonchev–Trinajstić information content (AvgIpc) is 2.99. The van der Waals surface area contributed by atoms with Crippen molar-refractivity contribution in [3.63, 3.8) is 0 Å². The van der Waals surface area contributed by atoms with Crippen LogP contribution in [0.3, 0.4) is 0 Å². The van der Waals surface area contributed by atoms with E-state index in [9.17, 15) is 9.59 Å². The summed E-state index contributed by atoms with van der Waals surface area (Å²) in [6, 6.07) is 23.4. The molecule has 5 heteroatoms. The number of anilines is 2. The van der Waals surface area contributed by atoms with Gasteiger partial charge >= 0.3 is 0 Å². The third kappa shape index (κ3) is 3.87. The molecule has 2 aliphatic rings. The smallest absolute Gasteiger partial charge is 0.224 e. The van der Waals surface area contributed by atoms with E-state index in [1.165, 1.54) is 0 Å². The molecule has 1 amide bonds. The van der Waals surface area contributed by atoms with Crippen molar-refractivity contribution in [1.82, 2.24) is 0 Å². The minimum atomic E-state index is -0.478. The summed E-state index contributed by atoms with van der Waals surface area (Å²) in [5.41, 5.74) is 6.36. The van der Waals surface area contributed by atoms with Crippen LogP contribution in [0.15, 0.2) is 84.1 Å². The molecule has 0 spiro atoms. The summed E-state index contributed by atoms with van der Waals surface area (Å²) in [6.45, 7) is 3.60. The third-order valence-electron chi connectivity index (χ3n) is 6.81. The van der Waals surface area contributed by atoms with Gasteiger partial charge in [-0.05, 0) is 54.7 Å². The lowest BCUT2D eigenvalue weighted by Crippen LogP contribution is -2.37. The molecule has 0 unspecified atom stereocenters. The topological polar surface area (TPSA) is 58.6 Å². The Bertz CT molecular complexity index is 1280. The second kappa shape index (κ2) is 8.82. The van der Waals surface area contributed by atoms with Crippen molar-refractivity contribution in [2.75, 3.05) is 17.3 Å². The van der Waals surface area contributed by atoms with Gasteiger partial charge in [0.2, 0.25) is 5.91 Å². The van der Waals surface area contributed by atoms with E-state index >= 15 is 0 Å². The second-order valence-electron chi connectivity index (χ2n) is 9.04. The number of amides is 1. The SMILES string of the molecule is COc1ccc([C@H]2CC(=O)C3=C(C2)Nc2ccccc2N(C(C)=O)[C@H]3c2ccc(C)cc2)cc1. The van der Waals surface area contributed by atoms with E-state index in [2.05, 4.69) is 5.32 Å². The summed E-state index contributed by atoms with van der Waals surface area (Å²) in [6.07, 6.45) is 1.09. The number of aryl methyl sites for hydroxylation is 1. The first kappa shape index (κ1) is 22.0. The van der Waals surface area contributed by atoms with Gasteiger partial charge in [-0.15, -0.1) is 0 Å². The number of allylic oxidation sites excluding steroid dienone is 1. The molecule has 0 bridgehead atoms. The number of ketones is 1. The normalized spacial score (nSPS) is 19.6. The van der Waals surface area contributed by atoms with E-state index in [-0.39, 0.29) is 17.6 Å². The zero-order chi connectivity index (χ0) is 23.8. The number of rotatable bonds is 3. The number of hydrogen-bond acceptors (Lipinski definition) is 4. The van der Waals surface area contributed by atoms with Crippen LogP contribution >= 0.6 is 0 Å². The highest BCUT2D eigenvalue weighted by Crippen LogP contribution is 2.47. The first-order valence-corrected chi connectivity index (χ1v) is 11.6. The molecular weight excluding hydrogens is 424 g/mol. The van der Waals surface area contributed by atoms with Gasteiger partial charge in [-0.25, -0.2) is 0 Å². The van der Waals surface area contributed by atoms with Gasteiger partial charge in [0.25, 0.3) is 0 Å². The maximum absolute atomic E-state index is 13.8. The van der Waals surface area contributed by atoms with Crippen molar-refractivity contribution in [3.8, 4) is 5.75 Å². The van der Waals surface area contributed by atoms with Gasteiger partial charge in [-0.2, -0.15) is 0 Å². The highest BCUT2D eigenvalue weighted by molar-refractivity contribution is 6.06. The largest absolute Gasteiger partial charge is 0.497 e. The quantitative estimate of drug-likeness (QED) is 0.536. The number of ether oxygens (including phenoxy) is 1. The molecule has 1 N–H and O–H groups in total. The Hall–Kier alpha value is -3.86. The summed E-state index contributed by atoms with van der Waals surface area (Å²) < 4.78 is 5.30. The molecule has 1 aliphatic heterocycles. The van der Waals surface area contributed by atoms with Crippen LogP contribution < -0.4 is 15.0 Å². The Morgan fingerprint density at radius 1 is 0.941 bits per heavy atom. The monoisotopic (exact) mass is 452 g/mol. The van der Waals surface area contributed by atoms with Crippen molar-refractivity contribution < 1.29 is 14.3 Å². The van der Waals surface area contributed by atoms with Crippen molar-refractivity contribution in [2.45, 2.75) is 38.6 Å². The molecule has 5 rings (SSSR count). The second-order valence-corrected chi connectivity index (χ2v) is 9.04. The van der Waals surface area contributed by atoms with Crippen LogP contribution in [0.1, 0.15) is 48.4 Å². The van der Waals surface area contributed by atoms with Gasteiger partial charge < -0.3 is 10.1 Å². The van der Waals surface area contributed by atoms with E-state index in [0.29, 0.717) is 18.4 Å². The maximum atomic E-state index is 13.8. The number of nitrogens with one attached hydrogen (secondary N) is 1. The molecule has 0 saturated carbocycles. The first-order chi connectivity index (χ1) is 16.5. The molecule has 2 atom stereocenters. The first-order valence-electron chi connectivity index (χ1n) is 11.6. The van der Waals surface area contributed by atoms with Crippen LogP contribution in [0, 0.1) is 6.92 Å². The standard InChI is InChI=1S/C29H28N2O3/c1-18-8-10-21(11-9-18)29-28-25(30-24-6-4-5-7-26(24)31(29)19(2)32)16-22(17-27(28)33)20-12-14-23(34-3)15-13-20/h4-15,22,29-30H,16-17H2,1-3H3/t22-,29+/m1/s1. The van der Waals surface area contributed by atoms with Crippen LogP contribution in [0.4, 0.5) is 11.4 Å². The minimum absolute atomic E-state index is 0.0550. The highest BCUT2D eigenvalue weighted by atomic mass is 16.5. The summed E-state index contributed by atoms with van der Waals surface area (Å²) in [5.74, 6) is 0.820. The Balaban J connectivity index is 1.66. The Morgan fingerprint density at radius 3 is 2.29 bits per heavy atom. The van der Waals surface area contributed by atoms with Crippen LogP contribution in [0.2, 0.25) is 0 Å². The van der Waals surface area contributed by atoms with Crippen LogP contribution in [-0.4, -0.2) is 18.8 Å². The van der Waals surface area contributed by atoms with Crippen molar-refractivity contribution in [2.24, 2.45) is 0 Å². The molecule has 3 aromatic carbocycles. The Labute approximate surface area is 200 Å². The number of para-hydroxylation sites is 2. The summed E-state index contributed by atoms with van der Waals surface area (Å²) in [4.78, 5) is 28.6. The fourth-order valence-corrected chi connectivity index (χ4v) is 5.11. The van der Waals surface area contributed by atoms with E-state index in [1.807, 2.05) is 79.7 Å². The molecule has 0 fully saturated rings.